The number of aliphatic hydroxyl groups is 1. The molecule has 8 heteroatoms. The van der Waals surface area contributed by atoms with Crippen LogP contribution in [-0.4, -0.2) is 59.8 Å². The van der Waals surface area contributed by atoms with Gasteiger partial charge in [-0.05, 0) is 28.1 Å². The van der Waals surface area contributed by atoms with Crippen molar-refractivity contribution >= 4 is 57.6 Å². The number of nitrogens with two attached hydrogens (primary N) is 1. The summed E-state index contributed by atoms with van der Waals surface area (Å²) in [6, 6.07) is 7.54. The molecule has 0 spiro atoms. The highest BCUT2D eigenvalue weighted by atomic mass is 127. The number of guanidine groups is 1. The van der Waals surface area contributed by atoms with Crippen LogP contribution < -0.4 is 10.5 Å². The van der Waals surface area contributed by atoms with Crippen molar-refractivity contribution in [3.63, 3.8) is 0 Å². The Bertz CT molecular complexity index is 487. The van der Waals surface area contributed by atoms with Gasteiger partial charge in [-0.3, -0.25) is 4.99 Å². The zero-order valence-corrected chi connectivity index (χ0v) is 16.9. The van der Waals surface area contributed by atoms with Gasteiger partial charge in [0.1, 0.15) is 18.5 Å². The Morgan fingerprint density at radius 1 is 1.41 bits per heavy atom. The Morgan fingerprint density at radius 2 is 2.09 bits per heavy atom. The van der Waals surface area contributed by atoms with Gasteiger partial charge in [-0.15, -0.1) is 24.0 Å². The van der Waals surface area contributed by atoms with E-state index in [2.05, 4.69) is 25.8 Å². The lowest BCUT2D eigenvalue weighted by Gasteiger charge is -2.27. The highest BCUT2D eigenvalue weighted by molar-refractivity contribution is 14.0. The molecule has 0 radical (unpaired) electrons. The predicted molar refractivity (Wildman–Crippen MR) is 106 cm³/mol. The number of aliphatic imine (C=N–C) groups is 1. The second-order valence-corrected chi connectivity index (χ2v) is 6.77. The van der Waals surface area contributed by atoms with E-state index in [1.54, 1.807) is 0 Å². The van der Waals surface area contributed by atoms with Crippen LogP contribution in [0.5, 0.6) is 5.75 Å². The number of ether oxygens (including phenoxy) is 1. The van der Waals surface area contributed by atoms with Crippen molar-refractivity contribution in [2.75, 3.05) is 37.7 Å². The summed E-state index contributed by atoms with van der Waals surface area (Å²) < 4.78 is 6.42. The Hall–Kier alpha value is -0.190. The Morgan fingerprint density at radius 3 is 2.77 bits per heavy atom. The van der Waals surface area contributed by atoms with Crippen molar-refractivity contribution in [2.24, 2.45) is 10.7 Å². The predicted octanol–water partition coefficient (Wildman–Crippen LogP) is 2.17. The number of thioether (sulfide) groups is 1. The molecule has 5 nitrogen and oxygen atoms in total. The molecule has 0 aromatic heterocycles. The van der Waals surface area contributed by atoms with Crippen molar-refractivity contribution < 1.29 is 9.84 Å². The van der Waals surface area contributed by atoms with E-state index in [0.717, 1.165) is 29.1 Å². The third-order valence-corrected chi connectivity index (χ3v) is 4.66. The number of hydrogen-bond acceptors (Lipinski definition) is 4. The minimum atomic E-state index is -0.671. The molecule has 1 heterocycles. The molecule has 1 unspecified atom stereocenters. The number of para-hydroxylation sites is 1. The molecular formula is C14H21BrIN3O2S. The molecule has 2 rings (SSSR count). The SMILES string of the molecule is I.NC(=NCC(O)COc1ccccc1Br)N1CCSCC1. The van der Waals surface area contributed by atoms with E-state index in [9.17, 15) is 5.11 Å². The molecule has 1 fully saturated rings. The van der Waals surface area contributed by atoms with E-state index in [1.165, 1.54) is 0 Å². The number of rotatable bonds is 5. The minimum Gasteiger partial charge on any atom is -0.490 e. The summed E-state index contributed by atoms with van der Waals surface area (Å²) in [7, 11) is 0. The highest BCUT2D eigenvalue weighted by Gasteiger charge is 2.13. The van der Waals surface area contributed by atoms with E-state index in [-0.39, 0.29) is 37.1 Å². The second kappa shape index (κ2) is 10.6. The summed E-state index contributed by atoms with van der Waals surface area (Å²) in [5.74, 6) is 3.37. The summed E-state index contributed by atoms with van der Waals surface area (Å²) in [6.45, 7) is 2.28. The maximum Gasteiger partial charge on any atom is 0.191 e. The first-order valence-electron chi connectivity index (χ1n) is 6.85. The van der Waals surface area contributed by atoms with Gasteiger partial charge in [0, 0.05) is 24.6 Å². The van der Waals surface area contributed by atoms with Crippen LogP contribution in [0.15, 0.2) is 33.7 Å². The Balaban J connectivity index is 0.00000242. The first-order valence-corrected chi connectivity index (χ1v) is 8.79. The molecule has 124 valence electrons. The van der Waals surface area contributed by atoms with Crippen LogP contribution in [0.4, 0.5) is 0 Å². The van der Waals surface area contributed by atoms with Crippen molar-refractivity contribution in [1.82, 2.24) is 4.90 Å². The topological polar surface area (TPSA) is 71.1 Å². The van der Waals surface area contributed by atoms with Gasteiger partial charge in [-0.1, -0.05) is 12.1 Å². The fourth-order valence-corrected chi connectivity index (χ4v) is 3.19. The van der Waals surface area contributed by atoms with Gasteiger partial charge in [-0.25, -0.2) is 0 Å². The molecule has 0 aliphatic carbocycles. The third kappa shape index (κ3) is 6.51. The number of hydrogen-bond donors (Lipinski definition) is 2. The number of nitrogens with zero attached hydrogens (tertiary/aromatic N) is 2. The zero-order valence-electron chi connectivity index (χ0n) is 12.2. The largest absolute Gasteiger partial charge is 0.490 e. The van der Waals surface area contributed by atoms with Gasteiger partial charge in [0.2, 0.25) is 0 Å². The van der Waals surface area contributed by atoms with Crippen LogP contribution in [0.1, 0.15) is 0 Å². The number of aliphatic hydroxyl groups excluding tert-OH is 1. The average Bonchev–Trinajstić information content (AvgIpc) is 2.52. The monoisotopic (exact) mass is 501 g/mol. The molecule has 1 aliphatic heterocycles. The Labute approximate surface area is 160 Å². The van der Waals surface area contributed by atoms with E-state index in [0.29, 0.717) is 11.7 Å². The highest BCUT2D eigenvalue weighted by Crippen LogP contribution is 2.23. The molecule has 1 saturated heterocycles. The summed E-state index contributed by atoms with van der Waals surface area (Å²) >= 11 is 5.32. The smallest absolute Gasteiger partial charge is 0.191 e. The first kappa shape index (κ1) is 19.9. The molecule has 1 aromatic carbocycles. The van der Waals surface area contributed by atoms with Crippen molar-refractivity contribution in [3.05, 3.63) is 28.7 Å². The van der Waals surface area contributed by atoms with Crippen molar-refractivity contribution in [1.29, 1.82) is 0 Å². The van der Waals surface area contributed by atoms with E-state index >= 15 is 0 Å². The maximum atomic E-state index is 9.92. The van der Waals surface area contributed by atoms with Gasteiger partial charge >= 0.3 is 0 Å². The summed E-state index contributed by atoms with van der Waals surface area (Å²) in [6.07, 6.45) is -0.671. The van der Waals surface area contributed by atoms with Gasteiger partial charge in [0.25, 0.3) is 0 Å². The van der Waals surface area contributed by atoms with Crippen LogP contribution in [0.25, 0.3) is 0 Å². The molecule has 22 heavy (non-hydrogen) atoms. The lowest BCUT2D eigenvalue weighted by molar-refractivity contribution is 0.114. The van der Waals surface area contributed by atoms with E-state index in [4.69, 9.17) is 10.5 Å². The van der Waals surface area contributed by atoms with Crippen LogP contribution in [0.2, 0.25) is 0 Å². The molecule has 1 aromatic rings. The fourth-order valence-electron chi connectivity index (χ4n) is 1.89. The quantitative estimate of drug-likeness (QED) is 0.367. The third-order valence-electron chi connectivity index (χ3n) is 3.07. The number of benzene rings is 1. The van der Waals surface area contributed by atoms with Gasteiger partial charge < -0.3 is 20.5 Å². The van der Waals surface area contributed by atoms with Crippen LogP contribution in [0.3, 0.4) is 0 Å². The molecule has 0 bridgehead atoms. The maximum absolute atomic E-state index is 9.92. The molecule has 0 saturated carbocycles. The molecule has 1 atom stereocenters. The standard InChI is InChI=1S/C14H20BrN3O2S.HI/c15-12-3-1-2-4-13(12)20-10-11(19)9-17-14(16)18-5-7-21-8-6-18;/h1-4,11,19H,5-10H2,(H2,16,17);1H. The number of halogens is 2. The summed E-state index contributed by atoms with van der Waals surface area (Å²) in [5.41, 5.74) is 5.94. The van der Waals surface area contributed by atoms with E-state index in [1.807, 2.05) is 36.0 Å². The normalized spacial score (nSPS) is 16.8. The summed E-state index contributed by atoms with van der Waals surface area (Å²) in [5, 5.41) is 9.92. The van der Waals surface area contributed by atoms with Crippen LogP contribution in [-0.2, 0) is 0 Å². The zero-order chi connectivity index (χ0) is 15.1. The lowest BCUT2D eigenvalue weighted by Crippen LogP contribution is -2.43. The van der Waals surface area contributed by atoms with Crippen LogP contribution in [0, 0.1) is 0 Å². The van der Waals surface area contributed by atoms with Crippen molar-refractivity contribution in [3.8, 4) is 5.75 Å². The first-order chi connectivity index (χ1) is 10.2. The average molecular weight is 502 g/mol. The second-order valence-electron chi connectivity index (χ2n) is 4.69. The van der Waals surface area contributed by atoms with E-state index < -0.39 is 6.10 Å². The van der Waals surface area contributed by atoms with Gasteiger partial charge in [0.15, 0.2) is 5.96 Å². The van der Waals surface area contributed by atoms with Crippen LogP contribution >= 0.6 is 51.7 Å². The summed E-state index contributed by atoms with van der Waals surface area (Å²) in [4.78, 5) is 6.31. The molecular weight excluding hydrogens is 481 g/mol. The molecule has 0 amide bonds. The van der Waals surface area contributed by atoms with Crippen molar-refractivity contribution in [2.45, 2.75) is 6.10 Å². The lowest BCUT2D eigenvalue weighted by atomic mass is 10.3. The van der Waals surface area contributed by atoms with Gasteiger partial charge in [0.05, 0.1) is 11.0 Å². The Kier molecular flexibility index (Phi) is 9.53. The van der Waals surface area contributed by atoms with Gasteiger partial charge in [-0.2, -0.15) is 11.8 Å². The molecule has 3 N–H and O–H groups in total. The minimum absolute atomic E-state index is 0. The fraction of sp³-hybridized carbons (Fsp3) is 0.500. The molecule has 1 aliphatic rings.